The largest absolute Gasteiger partial charge is 0.503 e. The van der Waals surface area contributed by atoms with Crippen LogP contribution in [-0.2, 0) is 13.3 Å². The summed E-state index contributed by atoms with van der Waals surface area (Å²) >= 11 is 0. The van der Waals surface area contributed by atoms with E-state index in [0.717, 1.165) is 6.42 Å². The highest BCUT2D eigenvalue weighted by Crippen LogP contribution is 2.28. The van der Waals surface area contributed by atoms with Crippen LogP contribution in [0, 0.1) is 0 Å². The van der Waals surface area contributed by atoms with Crippen LogP contribution in [0.25, 0.3) is 0 Å². The lowest BCUT2D eigenvalue weighted by Crippen LogP contribution is -2.46. The number of hydrogen-bond donors (Lipinski definition) is 0. The van der Waals surface area contributed by atoms with Crippen molar-refractivity contribution in [2.45, 2.75) is 57.9 Å². The van der Waals surface area contributed by atoms with Gasteiger partial charge >= 0.3 is 8.80 Å². The molecule has 0 spiro atoms. The fraction of sp³-hybridized carbons (Fsp3) is 1.00. The molecule has 0 saturated heterocycles. The summed E-state index contributed by atoms with van der Waals surface area (Å²) in [6, 6.07) is 0. The summed E-state index contributed by atoms with van der Waals surface area (Å²) in [6.45, 7) is 4.41. The maximum Gasteiger partial charge on any atom is 0.503 e. The molecule has 1 atom stereocenters. The first-order chi connectivity index (χ1) is 7.66. The Balaban J connectivity index is 3.88. The number of unbranched alkanes of at least 4 members (excludes halogenated alkanes) is 4. The van der Waals surface area contributed by atoms with Gasteiger partial charge in [0.2, 0.25) is 0 Å². The van der Waals surface area contributed by atoms with E-state index in [4.69, 9.17) is 13.3 Å². The maximum absolute atomic E-state index is 5.47. The SMILES string of the molecule is CCCCCCCC(C)[Si](OC)(OC)OC. The maximum atomic E-state index is 5.47. The molecule has 0 rings (SSSR count). The van der Waals surface area contributed by atoms with Crippen LogP contribution in [0.2, 0.25) is 5.54 Å². The predicted molar refractivity (Wildman–Crippen MR) is 69.6 cm³/mol. The Morgan fingerprint density at radius 2 is 1.38 bits per heavy atom. The van der Waals surface area contributed by atoms with Crippen molar-refractivity contribution in [2.75, 3.05) is 21.3 Å². The summed E-state index contributed by atoms with van der Waals surface area (Å²) in [7, 11) is 2.67. The van der Waals surface area contributed by atoms with Crippen molar-refractivity contribution in [2.24, 2.45) is 0 Å². The highest BCUT2D eigenvalue weighted by Gasteiger charge is 2.43. The van der Waals surface area contributed by atoms with E-state index in [1.54, 1.807) is 21.3 Å². The second kappa shape index (κ2) is 9.16. The van der Waals surface area contributed by atoms with E-state index < -0.39 is 8.80 Å². The van der Waals surface area contributed by atoms with Gasteiger partial charge in [-0.05, 0) is 6.42 Å². The topological polar surface area (TPSA) is 27.7 Å². The molecule has 0 aromatic carbocycles. The molecule has 0 aliphatic rings. The smallest absolute Gasteiger partial charge is 0.377 e. The van der Waals surface area contributed by atoms with E-state index in [-0.39, 0.29) is 0 Å². The van der Waals surface area contributed by atoms with Crippen molar-refractivity contribution in [3.05, 3.63) is 0 Å². The van der Waals surface area contributed by atoms with Crippen LogP contribution < -0.4 is 0 Å². The van der Waals surface area contributed by atoms with Crippen LogP contribution in [0.3, 0.4) is 0 Å². The molecule has 0 aromatic heterocycles. The van der Waals surface area contributed by atoms with E-state index in [1.807, 2.05) is 0 Å². The summed E-state index contributed by atoms with van der Waals surface area (Å²) in [4.78, 5) is 0. The lowest BCUT2D eigenvalue weighted by Gasteiger charge is -2.30. The molecule has 0 heterocycles. The van der Waals surface area contributed by atoms with Crippen molar-refractivity contribution in [1.82, 2.24) is 0 Å². The third-order valence-corrected chi connectivity index (χ3v) is 6.40. The fourth-order valence-corrected chi connectivity index (χ4v) is 4.35. The minimum Gasteiger partial charge on any atom is -0.377 e. The summed E-state index contributed by atoms with van der Waals surface area (Å²) in [5.41, 5.74) is 0.383. The zero-order valence-corrected chi connectivity index (χ0v) is 12.5. The zero-order chi connectivity index (χ0) is 12.4. The van der Waals surface area contributed by atoms with Gasteiger partial charge in [0.25, 0.3) is 0 Å². The van der Waals surface area contributed by atoms with Crippen LogP contribution in [0.1, 0.15) is 52.4 Å². The first kappa shape index (κ1) is 16.1. The van der Waals surface area contributed by atoms with Crippen molar-refractivity contribution < 1.29 is 13.3 Å². The molecule has 1 unspecified atom stereocenters. The van der Waals surface area contributed by atoms with Crippen LogP contribution in [0.4, 0.5) is 0 Å². The highest BCUT2D eigenvalue weighted by atomic mass is 28.4. The highest BCUT2D eigenvalue weighted by molar-refractivity contribution is 6.62. The molecule has 0 fully saturated rings. The van der Waals surface area contributed by atoms with E-state index in [2.05, 4.69) is 13.8 Å². The van der Waals surface area contributed by atoms with E-state index in [9.17, 15) is 0 Å². The fourth-order valence-electron chi connectivity index (χ4n) is 2.08. The van der Waals surface area contributed by atoms with Crippen molar-refractivity contribution in [3.8, 4) is 0 Å². The molecule has 0 amide bonds. The van der Waals surface area contributed by atoms with E-state index in [0.29, 0.717) is 5.54 Å². The third kappa shape index (κ3) is 4.95. The summed E-state index contributed by atoms with van der Waals surface area (Å²) in [5.74, 6) is 0. The molecule has 0 radical (unpaired) electrons. The van der Waals surface area contributed by atoms with Gasteiger partial charge in [0.1, 0.15) is 0 Å². The van der Waals surface area contributed by atoms with Gasteiger partial charge in [-0.2, -0.15) is 0 Å². The van der Waals surface area contributed by atoms with Gasteiger partial charge in [-0.3, -0.25) is 0 Å². The molecular formula is C12H28O3Si. The molecule has 0 saturated carbocycles. The molecule has 16 heavy (non-hydrogen) atoms. The Hall–Kier alpha value is 0.0969. The average Bonchev–Trinajstić information content (AvgIpc) is 2.32. The molecular weight excluding hydrogens is 220 g/mol. The van der Waals surface area contributed by atoms with E-state index in [1.165, 1.54) is 32.1 Å². The summed E-state index contributed by atoms with van der Waals surface area (Å²) in [6.07, 6.45) is 7.65. The van der Waals surface area contributed by atoms with E-state index >= 15 is 0 Å². The summed E-state index contributed by atoms with van der Waals surface area (Å²) in [5, 5.41) is 0. The molecule has 0 aromatic rings. The zero-order valence-electron chi connectivity index (χ0n) is 11.5. The minimum absolute atomic E-state index is 0.383. The van der Waals surface area contributed by atoms with Gasteiger partial charge in [0, 0.05) is 26.9 Å². The Bertz CT molecular complexity index is 152. The Morgan fingerprint density at radius 3 is 1.81 bits per heavy atom. The Labute approximate surface area is 102 Å². The Kier molecular flexibility index (Phi) is 9.22. The average molecular weight is 248 g/mol. The molecule has 4 heteroatoms. The summed E-state index contributed by atoms with van der Waals surface area (Å²) < 4.78 is 16.4. The lowest BCUT2D eigenvalue weighted by molar-refractivity contribution is 0.111. The lowest BCUT2D eigenvalue weighted by atomic mass is 10.1. The monoisotopic (exact) mass is 248 g/mol. The predicted octanol–water partition coefficient (Wildman–Crippen LogP) is 3.62. The minimum atomic E-state index is -2.39. The molecule has 0 N–H and O–H groups in total. The van der Waals surface area contributed by atoms with Crippen LogP contribution in [0.15, 0.2) is 0 Å². The normalized spacial score (nSPS) is 14.1. The van der Waals surface area contributed by atoms with Gasteiger partial charge in [0.05, 0.1) is 0 Å². The standard InChI is InChI=1S/C12H28O3Si/c1-6-7-8-9-10-11-12(2)16(13-3,14-4)15-5/h12H,6-11H2,1-5H3. The Morgan fingerprint density at radius 1 is 0.875 bits per heavy atom. The van der Waals surface area contributed by atoms with Gasteiger partial charge in [-0.1, -0.05) is 46.0 Å². The van der Waals surface area contributed by atoms with Gasteiger partial charge in [0.15, 0.2) is 0 Å². The molecule has 0 bridgehead atoms. The van der Waals surface area contributed by atoms with Gasteiger partial charge in [-0.25, -0.2) is 0 Å². The molecule has 0 aliphatic carbocycles. The van der Waals surface area contributed by atoms with Crippen LogP contribution >= 0.6 is 0 Å². The molecule has 98 valence electrons. The van der Waals surface area contributed by atoms with Crippen molar-refractivity contribution in [1.29, 1.82) is 0 Å². The quantitative estimate of drug-likeness (QED) is 0.436. The van der Waals surface area contributed by atoms with Crippen molar-refractivity contribution in [3.63, 3.8) is 0 Å². The number of rotatable bonds is 10. The van der Waals surface area contributed by atoms with Gasteiger partial charge in [-0.15, -0.1) is 0 Å². The van der Waals surface area contributed by atoms with Gasteiger partial charge < -0.3 is 13.3 Å². The first-order valence-corrected chi connectivity index (χ1v) is 8.12. The van der Waals surface area contributed by atoms with Crippen molar-refractivity contribution >= 4 is 8.80 Å². The van der Waals surface area contributed by atoms with Crippen LogP contribution in [-0.4, -0.2) is 30.1 Å². The molecule has 0 aliphatic heterocycles. The number of hydrogen-bond acceptors (Lipinski definition) is 3. The first-order valence-electron chi connectivity index (χ1n) is 6.32. The molecule has 3 nitrogen and oxygen atoms in total. The third-order valence-electron chi connectivity index (χ3n) is 3.20. The van der Waals surface area contributed by atoms with Crippen LogP contribution in [0.5, 0.6) is 0 Å². The second-order valence-electron chi connectivity index (χ2n) is 4.32. The second-order valence-corrected chi connectivity index (χ2v) is 7.74.